The summed E-state index contributed by atoms with van der Waals surface area (Å²) in [7, 11) is 2.08. The summed E-state index contributed by atoms with van der Waals surface area (Å²) >= 11 is 0. The first-order chi connectivity index (χ1) is 7.07. The molecule has 1 rings (SSSR count). The van der Waals surface area contributed by atoms with E-state index in [0.717, 1.165) is 18.8 Å². The van der Waals surface area contributed by atoms with Gasteiger partial charge in [0.15, 0.2) is 0 Å². The van der Waals surface area contributed by atoms with E-state index in [1.165, 1.54) is 31.4 Å². The minimum Gasteiger partial charge on any atom is -0.379 e. The summed E-state index contributed by atoms with van der Waals surface area (Å²) in [5, 5.41) is 0. The van der Waals surface area contributed by atoms with E-state index in [2.05, 4.69) is 37.4 Å². The topological polar surface area (TPSA) is 15.6 Å². The van der Waals surface area contributed by atoms with Gasteiger partial charge in [-0.05, 0) is 33.1 Å². The number of rotatable bonds is 4. The summed E-state index contributed by atoms with van der Waals surface area (Å²) in [6.45, 7) is 12.4. The summed E-state index contributed by atoms with van der Waals surface area (Å²) in [4.78, 5) is 6.34. The molecule has 0 saturated carbocycles. The van der Waals surface area contributed by atoms with E-state index >= 15 is 0 Å². The van der Waals surface area contributed by atoms with E-state index in [1.807, 2.05) is 6.92 Å². The zero-order chi connectivity index (χ0) is 11.7. The quantitative estimate of drug-likeness (QED) is 0.693. The van der Waals surface area contributed by atoms with Crippen LogP contribution in [0.4, 0.5) is 0 Å². The van der Waals surface area contributed by atoms with Gasteiger partial charge in [-0.25, -0.2) is 0 Å². The molecule has 0 aliphatic carbocycles. The highest BCUT2D eigenvalue weighted by Crippen LogP contribution is 2.01. The Bertz CT molecular complexity index is 207. The maximum Gasteiger partial charge on any atom is 0.0392 e. The lowest BCUT2D eigenvalue weighted by Crippen LogP contribution is -2.15. The van der Waals surface area contributed by atoms with Crippen molar-refractivity contribution in [2.24, 2.45) is 4.99 Å². The molecule has 88 valence electrons. The Labute approximate surface area is 95.1 Å². The molecular weight excluding hydrogens is 184 g/mol. The summed E-state index contributed by atoms with van der Waals surface area (Å²) in [5.41, 5.74) is 2.48. The van der Waals surface area contributed by atoms with Crippen LogP contribution in [0.1, 0.15) is 46.5 Å². The molecule has 0 radical (unpaired) electrons. The first kappa shape index (κ1) is 14.2. The average Bonchev–Trinajstić information content (AvgIpc) is 2.66. The van der Waals surface area contributed by atoms with Gasteiger partial charge >= 0.3 is 0 Å². The molecule has 0 aromatic heterocycles. The third-order valence-corrected chi connectivity index (χ3v) is 2.58. The van der Waals surface area contributed by atoms with Gasteiger partial charge in [-0.2, -0.15) is 0 Å². The minimum atomic E-state index is 1.08. The van der Waals surface area contributed by atoms with Crippen molar-refractivity contribution in [1.29, 1.82) is 0 Å². The Kier molecular flexibility index (Phi) is 8.06. The molecule has 0 bridgehead atoms. The summed E-state index contributed by atoms with van der Waals surface area (Å²) in [6.07, 6.45) is 5.05. The minimum absolute atomic E-state index is 1.08. The molecule has 0 saturated heterocycles. The zero-order valence-corrected chi connectivity index (χ0v) is 10.8. The van der Waals surface area contributed by atoms with E-state index in [1.54, 1.807) is 0 Å². The van der Waals surface area contributed by atoms with Gasteiger partial charge in [-0.1, -0.05) is 19.9 Å². The van der Waals surface area contributed by atoms with Gasteiger partial charge in [0.2, 0.25) is 0 Å². The van der Waals surface area contributed by atoms with Gasteiger partial charge in [0.1, 0.15) is 0 Å². The van der Waals surface area contributed by atoms with Crippen molar-refractivity contribution in [3.8, 4) is 0 Å². The van der Waals surface area contributed by atoms with E-state index < -0.39 is 0 Å². The molecule has 0 aromatic carbocycles. The second-order valence-corrected chi connectivity index (χ2v) is 4.23. The molecule has 1 heterocycles. The van der Waals surface area contributed by atoms with Crippen LogP contribution in [0, 0.1) is 0 Å². The highest BCUT2D eigenvalue weighted by molar-refractivity contribution is 5.83. The predicted octanol–water partition coefficient (Wildman–Crippen LogP) is 3.49. The second-order valence-electron chi connectivity index (χ2n) is 4.23. The van der Waals surface area contributed by atoms with Gasteiger partial charge < -0.3 is 4.90 Å². The van der Waals surface area contributed by atoms with E-state index in [4.69, 9.17) is 0 Å². The van der Waals surface area contributed by atoms with Gasteiger partial charge in [-0.3, -0.25) is 4.99 Å². The lowest BCUT2D eigenvalue weighted by Gasteiger charge is -2.17. The molecule has 2 heteroatoms. The summed E-state index contributed by atoms with van der Waals surface area (Å²) < 4.78 is 0. The van der Waals surface area contributed by atoms with Gasteiger partial charge in [0, 0.05) is 31.5 Å². The monoisotopic (exact) mass is 210 g/mol. The van der Waals surface area contributed by atoms with Crippen LogP contribution in [0.2, 0.25) is 0 Å². The summed E-state index contributed by atoms with van der Waals surface area (Å²) in [5.74, 6) is 0. The smallest absolute Gasteiger partial charge is 0.0392 e. The van der Waals surface area contributed by atoms with E-state index in [-0.39, 0.29) is 0 Å². The molecule has 1 aliphatic rings. The molecule has 2 nitrogen and oxygen atoms in total. The fourth-order valence-electron chi connectivity index (χ4n) is 1.27. The van der Waals surface area contributed by atoms with Crippen molar-refractivity contribution in [2.45, 2.75) is 46.5 Å². The molecule has 0 aromatic rings. The molecule has 0 fully saturated rings. The number of hydrogen-bond acceptors (Lipinski definition) is 2. The van der Waals surface area contributed by atoms with Crippen LogP contribution in [0.25, 0.3) is 0 Å². The van der Waals surface area contributed by atoms with Crippen molar-refractivity contribution in [3.63, 3.8) is 0 Å². The third-order valence-electron chi connectivity index (χ3n) is 2.58. The highest BCUT2D eigenvalue weighted by Gasteiger charge is 1.96. The van der Waals surface area contributed by atoms with Crippen LogP contribution in [0.15, 0.2) is 17.3 Å². The first-order valence-corrected chi connectivity index (χ1v) is 5.94. The molecular formula is C13H26N2. The fourth-order valence-corrected chi connectivity index (χ4v) is 1.27. The zero-order valence-electron chi connectivity index (χ0n) is 10.8. The number of allylic oxidation sites excluding steroid dienone is 1. The second kappa shape index (κ2) is 8.51. The Morgan fingerprint density at radius 1 is 1.53 bits per heavy atom. The van der Waals surface area contributed by atoms with Crippen molar-refractivity contribution < 1.29 is 0 Å². The average molecular weight is 210 g/mol. The number of aliphatic imine (C=N–C) groups is 1. The lowest BCUT2D eigenvalue weighted by atomic mass is 10.3. The summed E-state index contributed by atoms with van der Waals surface area (Å²) in [6, 6.07) is 0. The Morgan fingerprint density at radius 2 is 2.20 bits per heavy atom. The van der Waals surface area contributed by atoms with Gasteiger partial charge in [0.05, 0.1) is 0 Å². The SMILES string of the molecule is C=C(C)N(C)CCCC.CC1=NCCC1. The normalized spacial score (nSPS) is 14.0. The molecule has 15 heavy (non-hydrogen) atoms. The van der Waals surface area contributed by atoms with Crippen LogP contribution in [0.5, 0.6) is 0 Å². The maximum absolute atomic E-state index is 4.15. The Morgan fingerprint density at radius 3 is 2.47 bits per heavy atom. The predicted molar refractivity (Wildman–Crippen MR) is 69.6 cm³/mol. The number of unbranched alkanes of at least 4 members (excludes halogenated alkanes) is 1. The van der Waals surface area contributed by atoms with Gasteiger partial charge in [-0.15, -0.1) is 0 Å². The molecule has 0 atom stereocenters. The number of hydrogen-bond donors (Lipinski definition) is 0. The van der Waals surface area contributed by atoms with Crippen LogP contribution in [-0.4, -0.2) is 30.7 Å². The van der Waals surface area contributed by atoms with Crippen molar-refractivity contribution in [3.05, 3.63) is 12.3 Å². The van der Waals surface area contributed by atoms with E-state index in [9.17, 15) is 0 Å². The highest BCUT2D eigenvalue weighted by atomic mass is 15.1. The van der Waals surface area contributed by atoms with E-state index in [0.29, 0.717) is 0 Å². The fraction of sp³-hybridized carbons (Fsp3) is 0.769. The van der Waals surface area contributed by atoms with Crippen LogP contribution in [-0.2, 0) is 0 Å². The third kappa shape index (κ3) is 8.22. The van der Waals surface area contributed by atoms with Crippen molar-refractivity contribution in [1.82, 2.24) is 4.90 Å². The van der Waals surface area contributed by atoms with Gasteiger partial charge in [0.25, 0.3) is 0 Å². The molecule has 0 unspecified atom stereocenters. The number of nitrogens with zero attached hydrogens (tertiary/aromatic N) is 2. The molecule has 0 N–H and O–H groups in total. The lowest BCUT2D eigenvalue weighted by molar-refractivity contribution is 0.409. The van der Waals surface area contributed by atoms with Crippen LogP contribution >= 0.6 is 0 Å². The van der Waals surface area contributed by atoms with Crippen molar-refractivity contribution in [2.75, 3.05) is 20.1 Å². The Balaban J connectivity index is 0.000000280. The van der Waals surface area contributed by atoms with Crippen LogP contribution < -0.4 is 0 Å². The largest absolute Gasteiger partial charge is 0.379 e. The molecule has 1 aliphatic heterocycles. The standard InChI is InChI=1S/C8H17N.C5H9N/c1-5-6-7-9(4)8(2)3;1-5-3-2-4-6-5/h2,5-7H2,1,3-4H3;2-4H2,1H3. The first-order valence-electron chi connectivity index (χ1n) is 5.94. The molecule has 0 amide bonds. The molecule has 0 spiro atoms. The maximum atomic E-state index is 4.15. The Hall–Kier alpha value is -0.790. The van der Waals surface area contributed by atoms with Crippen LogP contribution in [0.3, 0.4) is 0 Å². The van der Waals surface area contributed by atoms with Crippen molar-refractivity contribution >= 4 is 5.71 Å².